The standard InChI is InChI=1S/C17H16Cl2F2N2/c18-11-1-3-13(15(19)9-11)17(23-7-5-22-6-8-23)14-4-2-12(20)10-16(14)21/h1-4,9-10,17,22H,5-8H2. The zero-order valence-corrected chi connectivity index (χ0v) is 13.8. The Morgan fingerprint density at radius 2 is 1.65 bits per heavy atom. The van der Waals surface area contributed by atoms with Gasteiger partial charge in [0, 0.05) is 47.9 Å². The van der Waals surface area contributed by atoms with Crippen LogP contribution in [0.25, 0.3) is 0 Å². The molecule has 1 saturated heterocycles. The maximum atomic E-state index is 14.4. The molecule has 0 amide bonds. The van der Waals surface area contributed by atoms with Crippen molar-refractivity contribution in [2.75, 3.05) is 26.2 Å². The predicted octanol–water partition coefficient (Wildman–Crippen LogP) is 4.27. The smallest absolute Gasteiger partial charge is 0.131 e. The van der Waals surface area contributed by atoms with E-state index in [-0.39, 0.29) is 6.04 Å². The van der Waals surface area contributed by atoms with Gasteiger partial charge in [-0.1, -0.05) is 35.3 Å². The molecule has 1 atom stereocenters. The first-order valence-corrected chi connectivity index (χ1v) is 8.16. The quantitative estimate of drug-likeness (QED) is 0.883. The number of piperazine rings is 1. The van der Waals surface area contributed by atoms with Gasteiger partial charge in [-0.05, 0) is 23.8 Å². The van der Waals surface area contributed by atoms with E-state index in [9.17, 15) is 8.78 Å². The van der Waals surface area contributed by atoms with Crippen LogP contribution in [0.15, 0.2) is 36.4 Å². The van der Waals surface area contributed by atoms with Crippen LogP contribution in [-0.2, 0) is 0 Å². The zero-order chi connectivity index (χ0) is 16.4. The Hall–Kier alpha value is -1.20. The summed E-state index contributed by atoms with van der Waals surface area (Å²) in [6, 6.07) is 8.49. The minimum Gasteiger partial charge on any atom is -0.314 e. The van der Waals surface area contributed by atoms with Gasteiger partial charge in [0.2, 0.25) is 0 Å². The summed E-state index contributed by atoms with van der Waals surface area (Å²) < 4.78 is 27.7. The lowest BCUT2D eigenvalue weighted by Gasteiger charge is -2.36. The van der Waals surface area contributed by atoms with Gasteiger partial charge in [0.25, 0.3) is 0 Å². The minimum atomic E-state index is -0.590. The molecule has 1 fully saturated rings. The van der Waals surface area contributed by atoms with Gasteiger partial charge < -0.3 is 5.32 Å². The highest BCUT2D eigenvalue weighted by Crippen LogP contribution is 2.36. The molecule has 1 aliphatic heterocycles. The molecule has 0 bridgehead atoms. The summed E-state index contributed by atoms with van der Waals surface area (Å²) in [5.41, 5.74) is 1.18. The zero-order valence-electron chi connectivity index (χ0n) is 12.3. The van der Waals surface area contributed by atoms with Crippen molar-refractivity contribution in [3.8, 4) is 0 Å². The molecule has 1 aliphatic rings. The topological polar surface area (TPSA) is 15.3 Å². The van der Waals surface area contributed by atoms with Crippen LogP contribution in [0.1, 0.15) is 17.2 Å². The van der Waals surface area contributed by atoms with E-state index >= 15 is 0 Å². The third-order valence-electron chi connectivity index (χ3n) is 4.03. The lowest BCUT2D eigenvalue weighted by atomic mass is 9.95. The summed E-state index contributed by atoms with van der Waals surface area (Å²) in [5.74, 6) is -1.16. The number of nitrogens with zero attached hydrogens (tertiary/aromatic N) is 1. The van der Waals surface area contributed by atoms with Crippen molar-refractivity contribution in [3.05, 3.63) is 69.2 Å². The molecule has 0 saturated carbocycles. The second-order valence-corrected chi connectivity index (χ2v) is 6.36. The van der Waals surface area contributed by atoms with E-state index in [1.165, 1.54) is 12.1 Å². The van der Waals surface area contributed by atoms with Crippen LogP contribution in [0.3, 0.4) is 0 Å². The molecule has 2 nitrogen and oxygen atoms in total. The molecule has 0 aromatic heterocycles. The fraction of sp³-hybridized carbons (Fsp3) is 0.294. The van der Waals surface area contributed by atoms with Crippen LogP contribution in [0.4, 0.5) is 8.78 Å². The van der Waals surface area contributed by atoms with Crippen molar-refractivity contribution >= 4 is 23.2 Å². The van der Waals surface area contributed by atoms with Crippen LogP contribution in [0.5, 0.6) is 0 Å². The Kier molecular flexibility index (Phi) is 5.17. The van der Waals surface area contributed by atoms with Gasteiger partial charge in [0.15, 0.2) is 0 Å². The summed E-state index contributed by atoms with van der Waals surface area (Å²) in [4.78, 5) is 2.14. The molecule has 0 aliphatic carbocycles. The predicted molar refractivity (Wildman–Crippen MR) is 89.1 cm³/mol. The second-order valence-electron chi connectivity index (χ2n) is 5.52. The average molecular weight is 357 g/mol. The summed E-state index contributed by atoms with van der Waals surface area (Å²) in [6.45, 7) is 3.12. The molecule has 122 valence electrons. The monoisotopic (exact) mass is 356 g/mol. The van der Waals surface area contributed by atoms with E-state index in [2.05, 4.69) is 10.2 Å². The number of hydrogen-bond acceptors (Lipinski definition) is 2. The van der Waals surface area contributed by atoms with E-state index < -0.39 is 11.6 Å². The summed E-state index contributed by atoms with van der Waals surface area (Å²) >= 11 is 12.3. The van der Waals surface area contributed by atoms with Gasteiger partial charge in [0.05, 0.1) is 6.04 Å². The van der Waals surface area contributed by atoms with Crippen molar-refractivity contribution in [2.45, 2.75) is 6.04 Å². The molecule has 1 unspecified atom stereocenters. The van der Waals surface area contributed by atoms with Gasteiger partial charge >= 0.3 is 0 Å². The normalized spacial score (nSPS) is 17.2. The first-order valence-electron chi connectivity index (χ1n) is 7.41. The molecule has 0 radical (unpaired) electrons. The van der Waals surface area contributed by atoms with E-state index in [1.54, 1.807) is 18.2 Å². The van der Waals surface area contributed by atoms with Crippen molar-refractivity contribution < 1.29 is 8.78 Å². The molecular formula is C17H16Cl2F2N2. The highest BCUT2D eigenvalue weighted by atomic mass is 35.5. The van der Waals surface area contributed by atoms with Crippen LogP contribution in [0, 0.1) is 11.6 Å². The van der Waals surface area contributed by atoms with Gasteiger partial charge in [-0.2, -0.15) is 0 Å². The SMILES string of the molecule is Fc1ccc(C(c2ccc(Cl)cc2Cl)N2CCNCC2)c(F)c1. The highest BCUT2D eigenvalue weighted by Gasteiger charge is 2.28. The van der Waals surface area contributed by atoms with Gasteiger partial charge in [0.1, 0.15) is 11.6 Å². The van der Waals surface area contributed by atoms with Gasteiger partial charge in [-0.25, -0.2) is 8.78 Å². The fourth-order valence-electron chi connectivity index (χ4n) is 2.95. The lowest BCUT2D eigenvalue weighted by molar-refractivity contribution is 0.195. The van der Waals surface area contributed by atoms with Crippen molar-refractivity contribution in [1.29, 1.82) is 0 Å². The molecule has 2 aromatic rings. The Labute approximate surface area is 144 Å². The molecule has 2 aromatic carbocycles. The van der Waals surface area contributed by atoms with E-state index in [1.807, 2.05) is 0 Å². The molecule has 1 heterocycles. The second kappa shape index (κ2) is 7.14. The van der Waals surface area contributed by atoms with E-state index in [0.29, 0.717) is 15.6 Å². The van der Waals surface area contributed by atoms with E-state index in [4.69, 9.17) is 23.2 Å². The van der Waals surface area contributed by atoms with Crippen molar-refractivity contribution in [3.63, 3.8) is 0 Å². The van der Waals surface area contributed by atoms with Gasteiger partial charge in [-0.3, -0.25) is 4.90 Å². The van der Waals surface area contributed by atoms with Crippen LogP contribution < -0.4 is 5.32 Å². The first kappa shape index (κ1) is 16.7. The van der Waals surface area contributed by atoms with Crippen molar-refractivity contribution in [2.24, 2.45) is 0 Å². The van der Waals surface area contributed by atoms with Crippen LogP contribution >= 0.6 is 23.2 Å². The Morgan fingerprint density at radius 1 is 0.957 bits per heavy atom. The molecule has 6 heteroatoms. The molecule has 23 heavy (non-hydrogen) atoms. The summed E-state index contributed by atoms with van der Waals surface area (Å²) in [7, 11) is 0. The first-order chi connectivity index (χ1) is 11.1. The Bertz CT molecular complexity index is 651. The fourth-order valence-corrected chi connectivity index (χ4v) is 3.46. The number of nitrogens with one attached hydrogen (secondary N) is 1. The molecular weight excluding hydrogens is 341 g/mol. The van der Waals surface area contributed by atoms with E-state index in [0.717, 1.165) is 37.8 Å². The minimum absolute atomic E-state index is 0.373. The number of hydrogen-bond donors (Lipinski definition) is 1. The third kappa shape index (κ3) is 3.66. The van der Waals surface area contributed by atoms with Gasteiger partial charge in [-0.15, -0.1) is 0 Å². The number of benzene rings is 2. The molecule has 3 rings (SSSR count). The highest BCUT2D eigenvalue weighted by molar-refractivity contribution is 6.35. The maximum absolute atomic E-state index is 14.4. The maximum Gasteiger partial charge on any atom is 0.131 e. The Balaban J connectivity index is 2.09. The number of rotatable bonds is 3. The molecule has 0 spiro atoms. The number of halogens is 4. The average Bonchev–Trinajstić information content (AvgIpc) is 2.52. The third-order valence-corrected chi connectivity index (χ3v) is 4.59. The largest absolute Gasteiger partial charge is 0.314 e. The summed E-state index contributed by atoms with van der Waals surface area (Å²) in [6.07, 6.45) is 0. The Morgan fingerprint density at radius 3 is 2.30 bits per heavy atom. The van der Waals surface area contributed by atoms with Crippen molar-refractivity contribution in [1.82, 2.24) is 10.2 Å². The molecule has 1 N–H and O–H groups in total. The van der Waals surface area contributed by atoms with Crippen LogP contribution in [-0.4, -0.2) is 31.1 Å². The summed E-state index contributed by atoms with van der Waals surface area (Å²) in [5, 5.41) is 4.27. The van der Waals surface area contributed by atoms with Crippen LogP contribution in [0.2, 0.25) is 10.0 Å². The lowest BCUT2D eigenvalue weighted by Crippen LogP contribution is -2.45.